The number of rotatable bonds is 6. The first kappa shape index (κ1) is 18.2. The zero-order valence-electron chi connectivity index (χ0n) is 15.5. The Balaban J connectivity index is 1.55. The van der Waals surface area contributed by atoms with Crippen LogP contribution < -0.4 is 10.3 Å². The van der Waals surface area contributed by atoms with Gasteiger partial charge in [0.15, 0.2) is 0 Å². The lowest BCUT2D eigenvalue weighted by Gasteiger charge is -2.23. The predicted molar refractivity (Wildman–Crippen MR) is 103 cm³/mol. The molecule has 1 aliphatic carbocycles. The standard InChI is InChI=1S/C21H20FN3O3/c1-28-17-7-2-14(3-8-17)11-25(16-5-6-16)20(26)12-24-13-23-19-10-15(22)4-9-18(19)21(24)27/h2-4,7-10,13,16H,5-6,11-12H2,1H3. The van der Waals surface area contributed by atoms with Crippen LogP contribution in [0.2, 0.25) is 0 Å². The van der Waals surface area contributed by atoms with Gasteiger partial charge in [0.1, 0.15) is 18.1 Å². The van der Waals surface area contributed by atoms with E-state index in [0.29, 0.717) is 11.9 Å². The molecule has 0 bridgehead atoms. The van der Waals surface area contributed by atoms with Gasteiger partial charge in [0.2, 0.25) is 5.91 Å². The lowest BCUT2D eigenvalue weighted by Crippen LogP contribution is -2.37. The van der Waals surface area contributed by atoms with Crippen molar-refractivity contribution in [2.75, 3.05) is 7.11 Å². The number of amides is 1. The molecule has 0 unspecified atom stereocenters. The van der Waals surface area contributed by atoms with Crippen molar-refractivity contribution in [1.82, 2.24) is 14.5 Å². The fourth-order valence-electron chi connectivity index (χ4n) is 3.22. The Bertz CT molecular complexity index is 1070. The summed E-state index contributed by atoms with van der Waals surface area (Å²) in [6.07, 6.45) is 3.23. The van der Waals surface area contributed by atoms with Crippen LogP contribution in [0.15, 0.2) is 53.6 Å². The summed E-state index contributed by atoms with van der Waals surface area (Å²) in [5.41, 5.74) is 0.935. The van der Waals surface area contributed by atoms with E-state index in [-0.39, 0.29) is 29.6 Å². The highest BCUT2D eigenvalue weighted by atomic mass is 19.1. The fraction of sp³-hybridized carbons (Fsp3) is 0.286. The molecule has 0 N–H and O–H groups in total. The maximum absolute atomic E-state index is 13.3. The second-order valence-electron chi connectivity index (χ2n) is 6.94. The van der Waals surface area contributed by atoms with Crippen molar-refractivity contribution < 1.29 is 13.9 Å². The third kappa shape index (κ3) is 3.74. The van der Waals surface area contributed by atoms with Gasteiger partial charge in [0.05, 0.1) is 24.3 Å². The van der Waals surface area contributed by atoms with Gasteiger partial charge in [-0.1, -0.05) is 12.1 Å². The average Bonchev–Trinajstić information content (AvgIpc) is 3.53. The average molecular weight is 381 g/mol. The Morgan fingerprint density at radius 3 is 2.68 bits per heavy atom. The Morgan fingerprint density at radius 2 is 2.00 bits per heavy atom. The van der Waals surface area contributed by atoms with Crippen LogP contribution in [0.5, 0.6) is 5.75 Å². The second kappa shape index (κ2) is 7.42. The molecule has 28 heavy (non-hydrogen) atoms. The smallest absolute Gasteiger partial charge is 0.261 e. The molecule has 4 rings (SSSR count). The Morgan fingerprint density at radius 1 is 1.25 bits per heavy atom. The van der Waals surface area contributed by atoms with Gasteiger partial charge < -0.3 is 9.64 Å². The molecule has 1 aromatic heterocycles. The first-order valence-electron chi connectivity index (χ1n) is 9.12. The zero-order valence-corrected chi connectivity index (χ0v) is 15.5. The highest BCUT2D eigenvalue weighted by Crippen LogP contribution is 2.29. The molecule has 0 atom stereocenters. The fourth-order valence-corrected chi connectivity index (χ4v) is 3.22. The summed E-state index contributed by atoms with van der Waals surface area (Å²) in [4.78, 5) is 31.5. The number of methoxy groups -OCH3 is 1. The number of aromatic nitrogens is 2. The topological polar surface area (TPSA) is 64.4 Å². The number of benzene rings is 2. The molecule has 0 radical (unpaired) electrons. The summed E-state index contributed by atoms with van der Waals surface area (Å²) in [6.45, 7) is 0.389. The molecule has 1 amide bonds. The van der Waals surface area contributed by atoms with Crippen LogP contribution in [0.25, 0.3) is 10.9 Å². The number of hydrogen-bond acceptors (Lipinski definition) is 4. The van der Waals surface area contributed by atoms with E-state index in [9.17, 15) is 14.0 Å². The Kier molecular flexibility index (Phi) is 4.81. The predicted octanol–water partition coefficient (Wildman–Crippen LogP) is 2.74. The quantitative estimate of drug-likeness (QED) is 0.659. The van der Waals surface area contributed by atoms with Crippen molar-refractivity contribution in [3.05, 3.63) is 70.5 Å². The van der Waals surface area contributed by atoms with E-state index < -0.39 is 5.82 Å². The molecule has 1 saturated carbocycles. The first-order chi connectivity index (χ1) is 13.5. The number of halogens is 1. The minimum Gasteiger partial charge on any atom is -0.497 e. The third-order valence-electron chi connectivity index (χ3n) is 4.91. The first-order valence-corrected chi connectivity index (χ1v) is 9.12. The normalized spacial score (nSPS) is 13.5. The van der Waals surface area contributed by atoms with Crippen LogP contribution in [0.3, 0.4) is 0 Å². The zero-order chi connectivity index (χ0) is 19.7. The third-order valence-corrected chi connectivity index (χ3v) is 4.91. The van der Waals surface area contributed by atoms with Gasteiger partial charge in [-0.25, -0.2) is 9.37 Å². The number of nitrogens with zero attached hydrogens (tertiary/aromatic N) is 3. The van der Waals surface area contributed by atoms with Crippen molar-refractivity contribution in [2.24, 2.45) is 0 Å². The highest BCUT2D eigenvalue weighted by molar-refractivity contribution is 5.79. The van der Waals surface area contributed by atoms with Crippen LogP contribution in [0, 0.1) is 5.82 Å². The number of ether oxygens (including phenoxy) is 1. The van der Waals surface area contributed by atoms with Crippen molar-refractivity contribution in [3.63, 3.8) is 0 Å². The molecule has 0 saturated heterocycles. The van der Waals surface area contributed by atoms with E-state index >= 15 is 0 Å². The van der Waals surface area contributed by atoms with Gasteiger partial charge in [-0.05, 0) is 42.7 Å². The summed E-state index contributed by atoms with van der Waals surface area (Å²) in [5.74, 6) is 0.176. The lowest BCUT2D eigenvalue weighted by molar-refractivity contribution is -0.133. The van der Waals surface area contributed by atoms with Gasteiger partial charge >= 0.3 is 0 Å². The second-order valence-corrected chi connectivity index (χ2v) is 6.94. The van der Waals surface area contributed by atoms with Gasteiger partial charge in [-0.2, -0.15) is 0 Å². The van der Waals surface area contributed by atoms with Crippen molar-refractivity contribution in [2.45, 2.75) is 32.0 Å². The van der Waals surface area contributed by atoms with Crippen molar-refractivity contribution in [3.8, 4) is 5.75 Å². The molecule has 7 heteroatoms. The van der Waals surface area contributed by atoms with Crippen molar-refractivity contribution in [1.29, 1.82) is 0 Å². The maximum Gasteiger partial charge on any atom is 0.261 e. The lowest BCUT2D eigenvalue weighted by atomic mass is 10.2. The van der Waals surface area contributed by atoms with E-state index in [1.165, 1.54) is 29.1 Å². The van der Waals surface area contributed by atoms with Gasteiger partial charge in [-0.15, -0.1) is 0 Å². The molecule has 1 heterocycles. The van der Waals surface area contributed by atoms with E-state index in [1.54, 1.807) is 7.11 Å². The van der Waals surface area contributed by atoms with E-state index in [2.05, 4.69) is 4.98 Å². The summed E-state index contributed by atoms with van der Waals surface area (Å²) in [7, 11) is 1.61. The van der Waals surface area contributed by atoms with Crippen LogP contribution in [0.1, 0.15) is 18.4 Å². The van der Waals surface area contributed by atoms with E-state index in [1.807, 2.05) is 29.2 Å². The minimum absolute atomic E-state index is 0.0915. The summed E-state index contributed by atoms with van der Waals surface area (Å²) >= 11 is 0. The monoisotopic (exact) mass is 381 g/mol. The van der Waals surface area contributed by atoms with Crippen LogP contribution in [0.4, 0.5) is 4.39 Å². The van der Waals surface area contributed by atoms with E-state index in [4.69, 9.17) is 4.74 Å². The van der Waals surface area contributed by atoms with Crippen LogP contribution >= 0.6 is 0 Å². The molecule has 2 aromatic carbocycles. The molecule has 0 aliphatic heterocycles. The molecule has 1 aliphatic rings. The summed E-state index contributed by atoms with van der Waals surface area (Å²) in [6, 6.07) is 11.6. The number of fused-ring (bicyclic) bond motifs is 1. The molecule has 1 fully saturated rings. The van der Waals surface area contributed by atoms with Crippen LogP contribution in [-0.2, 0) is 17.9 Å². The van der Waals surface area contributed by atoms with Crippen molar-refractivity contribution >= 4 is 16.8 Å². The Hall–Kier alpha value is -3.22. The molecular weight excluding hydrogens is 361 g/mol. The highest BCUT2D eigenvalue weighted by Gasteiger charge is 2.32. The van der Waals surface area contributed by atoms with Gasteiger partial charge in [0, 0.05) is 18.7 Å². The number of carbonyl (C=O) groups is 1. The summed E-state index contributed by atoms with van der Waals surface area (Å²) in [5, 5.41) is 0.296. The van der Waals surface area contributed by atoms with E-state index in [0.717, 1.165) is 24.2 Å². The van der Waals surface area contributed by atoms with Gasteiger partial charge in [0.25, 0.3) is 5.56 Å². The Labute approximate surface area is 161 Å². The molecule has 144 valence electrons. The minimum atomic E-state index is -0.451. The SMILES string of the molecule is COc1ccc(CN(C(=O)Cn2cnc3cc(F)ccc3c2=O)C2CC2)cc1. The largest absolute Gasteiger partial charge is 0.497 e. The maximum atomic E-state index is 13.3. The number of carbonyl (C=O) groups excluding carboxylic acids is 1. The molecule has 6 nitrogen and oxygen atoms in total. The van der Waals surface area contributed by atoms with Gasteiger partial charge in [-0.3, -0.25) is 14.2 Å². The van der Waals surface area contributed by atoms with Crippen LogP contribution in [-0.4, -0.2) is 33.5 Å². The molecule has 0 spiro atoms. The molecule has 3 aromatic rings. The molecular formula is C21H20FN3O3. The summed E-state index contributed by atoms with van der Waals surface area (Å²) < 4.78 is 19.8. The number of hydrogen-bond donors (Lipinski definition) is 0.